The van der Waals surface area contributed by atoms with Gasteiger partial charge in [0, 0.05) is 49.3 Å². The number of halogens is 3. The first-order valence-corrected chi connectivity index (χ1v) is 9.71. The number of rotatable bonds is 3. The Hall–Kier alpha value is -3.69. The second-order valence-electron chi connectivity index (χ2n) is 7.51. The van der Waals surface area contributed by atoms with Crippen LogP contribution >= 0.6 is 0 Å². The lowest BCUT2D eigenvalue weighted by Gasteiger charge is -2.31. The molecule has 1 aromatic carbocycles. The van der Waals surface area contributed by atoms with Crippen LogP contribution in [-0.4, -0.2) is 54.6 Å². The summed E-state index contributed by atoms with van der Waals surface area (Å²) >= 11 is 0. The summed E-state index contributed by atoms with van der Waals surface area (Å²) in [6.45, 7) is 0.0250. The molecule has 0 bridgehead atoms. The van der Waals surface area contributed by atoms with Gasteiger partial charge in [0.05, 0.1) is 11.3 Å². The second-order valence-corrected chi connectivity index (χ2v) is 7.51. The normalized spacial score (nSPS) is 16.0. The van der Waals surface area contributed by atoms with Crippen molar-refractivity contribution in [3.05, 3.63) is 60.4 Å². The van der Waals surface area contributed by atoms with Gasteiger partial charge in [-0.3, -0.25) is 4.79 Å². The van der Waals surface area contributed by atoms with E-state index >= 15 is 0 Å². The maximum Gasteiger partial charge on any atom is 0.255 e. The van der Waals surface area contributed by atoms with Gasteiger partial charge in [-0.25, -0.2) is 18.2 Å². The Kier molecular flexibility index (Phi) is 4.49. The summed E-state index contributed by atoms with van der Waals surface area (Å²) < 4.78 is 42.7. The number of carbonyl (C=O) groups excluding carboxylic acids is 1. The third-order valence-electron chi connectivity index (χ3n) is 5.41. The van der Waals surface area contributed by atoms with E-state index in [1.165, 1.54) is 29.6 Å². The van der Waals surface area contributed by atoms with Gasteiger partial charge in [-0.1, -0.05) is 0 Å². The molecule has 0 unspecified atom stereocenters. The average molecular weight is 426 g/mol. The van der Waals surface area contributed by atoms with Crippen LogP contribution in [0, 0.1) is 5.82 Å². The van der Waals surface area contributed by atoms with E-state index in [0.29, 0.717) is 33.7 Å². The fourth-order valence-corrected chi connectivity index (χ4v) is 3.77. The number of piperidine rings is 1. The van der Waals surface area contributed by atoms with Crippen molar-refractivity contribution in [1.29, 1.82) is 0 Å². The van der Waals surface area contributed by atoms with Gasteiger partial charge in [0.25, 0.3) is 11.8 Å². The first-order valence-electron chi connectivity index (χ1n) is 9.71. The third kappa shape index (κ3) is 3.65. The molecule has 1 aliphatic rings. The number of hydrogen-bond donors (Lipinski definition) is 1. The lowest BCUT2D eigenvalue weighted by molar-refractivity contribution is -0.0494. The van der Waals surface area contributed by atoms with Gasteiger partial charge < -0.3 is 14.5 Å². The smallest absolute Gasteiger partial charge is 0.255 e. The molecule has 0 saturated carbocycles. The second kappa shape index (κ2) is 7.22. The van der Waals surface area contributed by atoms with Crippen molar-refractivity contribution in [3.63, 3.8) is 0 Å². The summed E-state index contributed by atoms with van der Waals surface area (Å²) in [5, 5.41) is 8.31. The van der Waals surface area contributed by atoms with Crippen LogP contribution in [0.5, 0.6) is 0 Å². The van der Waals surface area contributed by atoms with E-state index < -0.39 is 11.7 Å². The van der Waals surface area contributed by atoms with Gasteiger partial charge in [0.1, 0.15) is 17.8 Å². The summed E-state index contributed by atoms with van der Waals surface area (Å²) in [7, 11) is 0. The predicted molar refractivity (Wildman–Crippen MR) is 106 cm³/mol. The number of carbonyl (C=O) groups is 1. The molecule has 4 heterocycles. The van der Waals surface area contributed by atoms with E-state index in [1.54, 1.807) is 29.0 Å². The minimum atomic E-state index is -2.72. The molecule has 31 heavy (non-hydrogen) atoms. The highest BCUT2D eigenvalue weighted by Crippen LogP contribution is 2.29. The van der Waals surface area contributed by atoms with Crippen LogP contribution in [0.2, 0.25) is 0 Å². The van der Waals surface area contributed by atoms with Gasteiger partial charge in [0.2, 0.25) is 0 Å². The highest BCUT2D eigenvalue weighted by Gasteiger charge is 2.35. The van der Waals surface area contributed by atoms with Crippen molar-refractivity contribution in [2.75, 3.05) is 13.1 Å². The summed E-state index contributed by atoms with van der Waals surface area (Å²) in [6, 6.07) is 7.90. The van der Waals surface area contributed by atoms with E-state index in [-0.39, 0.29) is 31.8 Å². The summed E-state index contributed by atoms with van der Waals surface area (Å²) in [5.41, 5.74) is 1.93. The largest absolute Gasteiger partial charge is 0.338 e. The number of amides is 1. The first-order chi connectivity index (χ1) is 14.9. The van der Waals surface area contributed by atoms with Crippen LogP contribution in [0.4, 0.5) is 13.2 Å². The lowest BCUT2D eigenvalue weighted by Crippen LogP contribution is -2.42. The summed E-state index contributed by atoms with van der Waals surface area (Å²) in [5.74, 6) is -3.05. The number of alkyl halides is 2. The Morgan fingerprint density at radius 3 is 2.68 bits per heavy atom. The van der Waals surface area contributed by atoms with Crippen LogP contribution in [0.1, 0.15) is 23.2 Å². The Morgan fingerprint density at radius 1 is 1.13 bits per heavy atom. The molecule has 0 atom stereocenters. The SMILES string of the molecule is O=C(c1cnc2c(ccn2-c2cc(F)cc(-c3nnc[nH]3)c2)c1)N1CCC(F)(F)CC1. The van der Waals surface area contributed by atoms with E-state index in [9.17, 15) is 18.0 Å². The maximum atomic E-state index is 14.2. The molecule has 7 nitrogen and oxygen atoms in total. The van der Waals surface area contributed by atoms with Crippen LogP contribution in [0.15, 0.2) is 49.1 Å². The van der Waals surface area contributed by atoms with Crippen LogP contribution in [-0.2, 0) is 0 Å². The monoisotopic (exact) mass is 426 g/mol. The summed E-state index contributed by atoms with van der Waals surface area (Å²) in [6.07, 6.45) is 3.89. The molecular weight excluding hydrogens is 409 g/mol. The van der Waals surface area contributed by atoms with Crippen LogP contribution < -0.4 is 0 Å². The molecule has 5 rings (SSSR count). The number of nitrogens with zero attached hydrogens (tertiary/aromatic N) is 5. The zero-order chi connectivity index (χ0) is 21.6. The van der Waals surface area contributed by atoms with E-state index in [4.69, 9.17) is 0 Å². The molecule has 0 spiro atoms. The van der Waals surface area contributed by atoms with Gasteiger partial charge >= 0.3 is 0 Å². The summed E-state index contributed by atoms with van der Waals surface area (Å²) in [4.78, 5) is 21.4. The number of fused-ring (bicyclic) bond motifs is 1. The molecule has 1 amide bonds. The Balaban J connectivity index is 1.46. The zero-order valence-electron chi connectivity index (χ0n) is 16.2. The maximum absolute atomic E-state index is 14.2. The predicted octanol–water partition coefficient (Wildman–Crippen LogP) is 3.82. The molecule has 1 fully saturated rings. The highest BCUT2D eigenvalue weighted by molar-refractivity contribution is 5.97. The van der Waals surface area contributed by atoms with Crippen molar-refractivity contribution in [2.24, 2.45) is 0 Å². The number of pyridine rings is 1. The Morgan fingerprint density at radius 2 is 1.94 bits per heavy atom. The standard InChI is InChI=1S/C21H17F3N6O/c22-16-8-14(18-26-12-27-28-18)9-17(10-16)30-4-1-13-7-15(11-25-19(13)30)20(31)29-5-2-21(23,24)3-6-29/h1,4,7-12H,2-3,5-6H2,(H,26,27,28). The number of aromatic amines is 1. The quantitative estimate of drug-likeness (QED) is 0.540. The van der Waals surface area contributed by atoms with Crippen LogP contribution in [0.25, 0.3) is 28.1 Å². The van der Waals surface area contributed by atoms with Crippen molar-refractivity contribution < 1.29 is 18.0 Å². The van der Waals surface area contributed by atoms with E-state index in [0.717, 1.165) is 0 Å². The molecule has 158 valence electrons. The fourth-order valence-electron chi connectivity index (χ4n) is 3.77. The fraction of sp³-hybridized carbons (Fsp3) is 0.238. The Bertz CT molecular complexity index is 1260. The Labute approximate surface area is 174 Å². The molecule has 0 radical (unpaired) electrons. The minimum absolute atomic E-state index is 0.0125. The number of nitrogens with one attached hydrogen (secondary N) is 1. The minimum Gasteiger partial charge on any atom is -0.338 e. The molecule has 0 aliphatic carbocycles. The van der Waals surface area contributed by atoms with Crippen molar-refractivity contribution in [2.45, 2.75) is 18.8 Å². The van der Waals surface area contributed by atoms with Crippen molar-refractivity contribution >= 4 is 16.9 Å². The van der Waals surface area contributed by atoms with E-state index in [2.05, 4.69) is 20.2 Å². The molecule has 1 saturated heterocycles. The lowest BCUT2D eigenvalue weighted by atomic mass is 10.1. The molecule has 1 N–H and O–H groups in total. The zero-order valence-corrected chi connectivity index (χ0v) is 16.2. The molecule has 10 heteroatoms. The van der Waals surface area contributed by atoms with Gasteiger partial charge in [0.15, 0.2) is 5.82 Å². The number of H-pyrrole nitrogens is 1. The van der Waals surface area contributed by atoms with Gasteiger partial charge in [-0.15, -0.1) is 10.2 Å². The number of hydrogen-bond acceptors (Lipinski definition) is 4. The van der Waals surface area contributed by atoms with Crippen LogP contribution in [0.3, 0.4) is 0 Å². The van der Waals surface area contributed by atoms with Gasteiger partial charge in [-0.05, 0) is 30.3 Å². The topological polar surface area (TPSA) is 79.7 Å². The average Bonchev–Trinajstić information content (AvgIpc) is 3.42. The molecule has 1 aliphatic heterocycles. The van der Waals surface area contributed by atoms with Gasteiger partial charge in [-0.2, -0.15) is 0 Å². The number of likely N-dealkylation sites (tertiary alicyclic amines) is 1. The van der Waals surface area contributed by atoms with E-state index in [1.807, 2.05) is 0 Å². The third-order valence-corrected chi connectivity index (χ3v) is 5.41. The molecule has 4 aromatic rings. The molecular formula is C21H17F3N6O. The molecule has 3 aromatic heterocycles. The van der Waals surface area contributed by atoms with Crippen molar-refractivity contribution in [3.8, 4) is 17.1 Å². The van der Waals surface area contributed by atoms with Crippen molar-refractivity contribution in [1.82, 2.24) is 29.6 Å². The number of aromatic nitrogens is 5. The number of benzene rings is 1. The highest BCUT2D eigenvalue weighted by atomic mass is 19.3. The first kappa shape index (κ1) is 19.3.